The molecule has 4 nitrogen and oxygen atoms in total. The molecule has 0 spiro atoms. The molecule has 0 aliphatic carbocycles. The second-order valence-corrected chi connectivity index (χ2v) is 6.94. The summed E-state index contributed by atoms with van der Waals surface area (Å²) in [6.45, 7) is 1.89. The highest BCUT2D eigenvalue weighted by Gasteiger charge is 2.27. The molecule has 2 aromatic carbocycles. The van der Waals surface area contributed by atoms with E-state index in [2.05, 4.69) is 58.3 Å². The van der Waals surface area contributed by atoms with Crippen molar-refractivity contribution in [2.24, 2.45) is 0 Å². The molecular formula is C22H19N3O. The molecule has 3 heterocycles. The highest BCUT2D eigenvalue weighted by Crippen LogP contribution is 2.37. The van der Waals surface area contributed by atoms with Gasteiger partial charge in [-0.05, 0) is 36.4 Å². The third kappa shape index (κ3) is 2.59. The van der Waals surface area contributed by atoms with Crippen molar-refractivity contribution in [1.82, 2.24) is 14.9 Å². The zero-order valence-electron chi connectivity index (χ0n) is 14.6. The molecule has 1 aliphatic rings. The van der Waals surface area contributed by atoms with E-state index < -0.39 is 0 Å². The molecule has 0 bridgehead atoms. The third-order valence-electron chi connectivity index (χ3n) is 5.10. The maximum Gasteiger partial charge on any atom is 0.134 e. The minimum atomic E-state index is 0.243. The summed E-state index contributed by atoms with van der Waals surface area (Å²) in [5.41, 5.74) is 5.63. The molecule has 0 saturated carbocycles. The minimum absolute atomic E-state index is 0.243. The van der Waals surface area contributed by atoms with Gasteiger partial charge in [0.05, 0.1) is 17.8 Å². The van der Waals surface area contributed by atoms with Crippen LogP contribution in [0.25, 0.3) is 22.2 Å². The monoisotopic (exact) mass is 341 g/mol. The van der Waals surface area contributed by atoms with Gasteiger partial charge in [-0.1, -0.05) is 30.3 Å². The number of hydrogen-bond donors (Lipinski definition) is 0. The van der Waals surface area contributed by atoms with Gasteiger partial charge in [-0.2, -0.15) is 0 Å². The number of rotatable bonds is 2. The molecule has 4 aromatic rings. The Bertz CT molecular complexity index is 1040. The summed E-state index contributed by atoms with van der Waals surface area (Å²) in [6.07, 6.45) is 5.25. The van der Waals surface area contributed by atoms with E-state index in [1.54, 1.807) is 12.4 Å². The van der Waals surface area contributed by atoms with E-state index in [0.717, 1.165) is 41.1 Å². The molecule has 0 amide bonds. The standard InChI is InChI=1S/C22H19N3O/c1-25-13-17-10-15(20-12-23-8-9-24-20)6-7-18(17)19(14-25)22-11-16-4-2-3-5-21(16)26-22/h2-12,19H,13-14H2,1H3. The first-order valence-corrected chi connectivity index (χ1v) is 8.84. The second-order valence-electron chi connectivity index (χ2n) is 6.94. The lowest BCUT2D eigenvalue weighted by Crippen LogP contribution is -2.30. The fourth-order valence-electron chi connectivity index (χ4n) is 3.87. The number of aromatic nitrogens is 2. The zero-order chi connectivity index (χ0) is 17.5. The van der Waals surface area contributed by atoms with E-state index in [1.165, 1.54) is 11.1 Å². The molecule has 1 aliphatic heterocycles. The maximum atomic E-state index is 6.18. The Labute approximate surface area is 152 Å². The largest absolute Gasteiger partial charge is 0.460 e. The van der Waals surface area contributed by atoms with Crippen molar-refractivity contribution in [3.05, 3.63) is 84.0 Å². The Morgan fingerprint density at radius 1 is 1.08 bits per heavy atom. The lowest BCUT2D eigenvalue weighted by Gasteiger charge is -2.31. The van der Waals surface area contributed by atoms with Gasteiger partial charge in [0.15, 0.2) is 0 Å². The maximum absolute atomic E-state index is 6.18. The SMILES string of the molecule is CN1Cc2cc(-c3cnccn3)ccc2C(c2cc3ccccc3o2)C1. The Morgan fingerprint density at radius 3 is 2.85 bits per heavy atom. The summed E-state index contributed by atoms with van der Waals surface area (Å²) in [4.78, 5) is 11.0. The van der Waals surface area contributed by atoms with Crippen molar-refractivity contribution in [1.29, 1.82) is 0 Å². The topological polar surface area (TPSA) is 42.2 Å². The molecule has 1 unspecified atom stereocenters. The number of benzene rings is 2. The summed E-state index contributed by atoms with van der Waals surface area (Å²) in [7, 11) is 2.16. The molecule has 2 aromatic heterocycles. The second kappa shape index (κ2) is 6.07. The smallest absolute Gasteiger partial charge is 0.134 e. The fourth-order valence-corrected chi connectivity index (χ4v) is 3.87. The van der Waals surface area contributed by atoms with E-state index in [1.807, 2.05) is 18.3 Å². The van der Waals surface area contributed by atoms with Crippen LogP contribution in [0, 0.1) is 0 Å². The summed E-state index contributed by atoms with van der Waals surface area (Å²) >= 11 is 0. The van der Waals surface area contributed by atoms with Crippen molar-refractivity contribution in [3.8, 4) is 11.3 Å². The van der Waals surface area contributed by atoms with Gasteiger partial charge in [-0.15, -0.1) is 0 Å². The first kappa shape index (κ1) is 15.3. The van der Waals surface area contributed by atoms with Crippen LogP contribution < -0.4 is 0 Å². The van der Waals surface area contributed by atoms with Crippen LogP contribution in [0.5, 0.6) is 0 Å². The highest BCUT2D eigenvalue weighted by atomic mass is 16.3. The van der Waals surface area contributed by atoms with E-state index in [-0.39, 0.29) is 5.92 Å². The normalized spacial score (nSPS) is 17.3. The molecule has 5 rings (SSSR count). The molecule has 0 radical (unpaired) electrons. The zero-order valence-corrected chi connectivity index (χ0v) is 14.6. The minimum Gasteiger partial charge on any atom is -0.460 e. The molecule has 0 fully saturated rings. The number of hydrogen-bond acceptors (Lipinski definition) is 4. The molecule has 1 atom stereocenters. The van der Waals surface area contributed by atoms with Crippen LogP contribution >= 0.6 is 0 Å². The van der Waals surface area contributed by atoms with Crippen molar-refractivity contribution in [2.75, 3.05) is 13.6 Å². The van der Waals surface area contributed by atoms with Crippen molar-refractivity contribution in [2.45, 2.75) is 12.5 Å². The number of nitrogens with zero attached hydrogens (tertiary/aromatic N) is 3. The summed E-state index contributed by atoms with van der Waals surface area (Å²) in [5, 5.41) is 1.16. The van der Waals surface area contributed by atoms with Gasteiger partial charge in [0.2, 0.25) is 0 Å². The summed E-state index contributed by atoms with van der Waals surface area (Å²) in [6, 6.07) is 17.0. The van der Waals surface area contributed by atoms with E-state index in [9.17, 15) is 0 Å². The lowest BCUT2D eigenvalue weighted by molar-refractivity contribution is 0.282. The van der Waals surface area contributed by atoms with Crippen LogP contribution in [0.15, 0.2) is 71.5 Å². The molecule has 128 valence electrons. The lowest BCUT2D eigenvalue weighted by atomic mass is 9.87. The Balaban J connectivity index is 1.59. The van der Waals surface area contributed by atoms with Crippen LogP contribution in [0.3, 0.4) is 0 Å². The average molecular weight is 341 g/mol. The number of fused-ring (bicyclic) bond motifs is 2. The van der Waals surface area contributed by atoms with Crippen molar-refractivity contribution < 1.29 is 4.42 Å². The molecule has 4 heteroatoms. The van der Waals surface area contributed by atoms with Gasteiger partial charge in [0, 0.05) is 36.4 Å². The van der Waals surface area contributed by atoms with Gasteiger partial charge in [0.1, 0.15) is 11.3 Å². The number of likely N-dealkylation sites (N-methyl/N-ethyl adjacent to an activating group) is 1. The fraction of sp³-hybridized carbons (Fsp3) is 0.182. The quantitative estimate of drug-likeness (QED) is 0.539. The first-order chi connectivity index (χ1) is 12.8. The molecular weight excluding hydrogens is 322 g/mol. The number of furan rings is 1. The van der Waals surface area contributed by atoms with Crippen molar-refractivity contribution in [3.63, 3.8) is 0 Å². The predicted molar refractivity (Wildman–Crippen MR) is 102 cm³/mol. The predicted octanol–water partition coefficient (Wildman–Crippen LogP) is 4.47. The first-order valence-electron chi connectivity index (χ1n) is 8.84. The third-order valence-corrected chi connectivity index (χ3v) is 5.10. The van der Waals surface area contributed by atoms with Gasteiger partial charge < -0.3 is 9.32 Å². The van der Waals surface area contributed by atoms with E-state index in [4.69, 9.17) is 4.42 Å². The number of para-hydroxylation sites is 1. The summed E-state index contributed by atoms with van der Waals surface area (Å²) < 4.78 is 6.18. The highest BCUT2D eigenvalue weighted by molar-refractivity contribution is 5.78. The Kier molecular flexibility index (Phi) is 3.57. The Morgan fingerprint density at radius 2 is 2.00 bits per heavy atom. The van der Waals surface area contributed by atoms with Crippen LogP contribution in [-0.4, -0.2) is 28.5 Å². The summed E-state index contributed by atoms with van der Waals surface area (Å²) in [5.74, 6) is 1.28. The van der Waals surface area contributed by atoms with E-state index in [0.29, 0.717) is 0 Å². The van der Waals surface area contributed by atoms with Crippen LogP contribution in [0.4, 0.5) is 0 Å². The molecule has 0 saturated heterocycles. The van der Waals surface area contributed by atoms with Crippen molar-refractivity contribution >= 4 is 11.0 Å². The van der Waals surface area contributed by atoms with E-state index >= 15 is 0 Å². The van der Waals surface area contributed by atoms with Gasteiger partial charge in [-0.25, -0.2) is 0 Å². The average Bonchev–Trinajstić information content (AvgIpc) is 3.11. The molecule has 0 N–H and O–H groups in total. The molecule has 26 heavy (non-hydrogen) atoms. The van der Waals surface area contributed by atoms with Crippen LogP contribution in [0.1, 0.15) is 22.8 Å². The Hall–Kier alpha value is -2.98. The van der Waals surface area contributed by atoms with Gasteiger partial charge in [0.25, 0.3) is 0 Å². The van der Waals surface area contributed by atoms with Crippen LogP contribution in [0.2, 0.25) is 0 Å². The van der Waals surface area contributed by atoms with Crippen LogP contribution in [-0.2, 0) is 6.54 Å². The van der Waals surface area contributed by atoms with Gasteiger partial charge in [-0.3, -0.25) is 9.97 Å². The van der Waals surface area contributed by atoms with Gasteiger partial charge >= 0.3 is 0 Å².